The van der Waals surface area contributed by atoms with E-state index >= 15 is 0 Å². The first kappa shape index (κ1) is 15.5. The van der Waals surface area contributed by atoms with E-state index in [4.69, 9.17) is 0 Å². The van der Waals surface area contributed by atoms with E-state index in [2.05, 4.69) is 25.5 Å². The highest BCUT2D eigenvalue weighted by Gasteiger charge is 2.26. The molecule has 7 nitrogen and oxygen atoms in total. The van der Waals surface area contributed by atoms with E-state index in [1.165, 1.54) is 0 Å². The maximum atomic E-state index is 12.6. The summed E-state index contributed by atoms with van der Waals surface area (Å²) < 4.78 is 0. The predicted molar refractivity (Wildman–Crippen MR) is 87.4 cm³/mol. The van der Waals surface area contributed by atoms with E-state index in [1.807, 2.05) is 31.7 Å². The van der Waals surface area contributed by atoms with Gasteiger partial charge in [-0.05, 0) is 33.6 Å². The van der Waals surface area contributed by atoms with Crippen molar-refractivity contribution >= 4 is 11.7 Å². The zero-order chi connectivity index (χ0) is 16.4. The maximum Gasteiger partial charge on any atom is 0.257 e. The number of aromatic amines is 1. The van der Waals surface area contributed by atoms with Crippen LogP contribution in [-0.2, 0) is 0 Å². The van der Waals surface area contributed by atoms with Gasteiger partial charge in [0.2, 0.25) is 0 Å². The molecule has 2 aromatic heterocycles. The fourth-order valence-electron chi connectivity index (χ4n) is 2.99. The highest BCUT2D eigenvalue weighted by molar-refractivity contribution is 5.96. The summed E-state index contributed by atoms with van der Waals surface area (Å²) in [5, 5.41) is 10.4. The Labute approximate surface area is 135 Å². The molecule has 0 spiro atoms. The lowest BCUT2D eigenvalue weighted by atomic mass is 10.0. The molecule has 0 aromatic carbocycles. The molecule has 3 rings (SSSR count). The topological polar surface area (TPSA) is 86.8 Å². The SMILES string of the molecule is Cc1cc(NC2CCN(C(=O)c3c(C)n[nH]c3C)CC2)ncn1. The Morgan fingerprint density at radius 1 is 1.26 bits per heavy atom. The highest BCUT2D eigenvalue weighted by atomic mass is 16.2. The molecule has 0 bridgehead atoms. The first-order valence-electron chi connectivity index (χ1n) is 7.90. The number of anilines is 1. The number of nitrogens with one attached hydrogen (secondary N) is 2. The van der Waals surface area contributed by atoms with Gasteiger partial charge in [-0.2, -0.15) is 5.10 Å². The molecule has 0 aliphatic carbocycles. The van der Waals surface area contributed by atoms with Crippen LogP contribution in [-0.4, -0.2) is 50.1 Å². The fraction of sp³-hybridized carbons (Fsp3) is 0.500. The number of nitrogens with zero attached hydrogens (tertiary/aromatic N) is 4. The van der Waals surface area contributed by atoms with Gasteiger partial charge in [0.1, 0.15) is 12.1 Å². The first-order valence-corrected chi connectivity index (χ1v) is 7.90. The van der Waals surface area contributed by atoms with Crippen molar-refractivity contribution in [2.24, 2.45) is 0 Å². The minimum atomic E-state index is 0.0741. The van der Waals surface area contributed by atoms with Gasteiger partial charge in [-0.3, -0.25) is 9.89 Å². The molecular weight excluding hydrogens is 292 g/mol. The third kappa shape index (κ3) is 3.33. The Kier molecular flexibility index (Phi) is 4.27. The van der Waals surface area contributed by atoms with Crippen LogP contribution in [0, 0.1) is 20.8 Å². The summed E-state index contributed by atoms with van der Waals surface area (Å²) in [5.74, 6) is 0.925. The molecule has 3 heterocycles. The van der Waals surface area contributed by atoms with Crippen molar-refractivity contribution < 1.29 is 4.79 Å². The van der Waals surface area contributed by atoms with Crippen molar-refractivity contribution in [3.8, 4) is 0 Å². The molecule has 1 saturated heterocycles. The van der Waals surface area contributed by atoms with Crippen LogP contribution >= 0.6 is 0 Å². The lowest BCUT2D eigenvalue weighted by Crippen LogP contribution is -2.42. The summed E-state index contributed by atoms with van der Waals surface area (Å²) in [6.07, 6.45) is 3.39. The summed E-state index contributed by atoms with van der Waals surface area (Å²) in [7, 11) is 0. The van der Waals surface area contributed by atoms with E-state index in [1.54, 1.807) is 6.33 Å². The molecule has 1 fully saturated rings. The van der Waals surface area contributed by atoms with Gasteiger partial charge < -0.3 is 10.2 Å². The molecule has 0 saturated carbocycles. The number of H-pyrrole nitrogens is 1. The molecule has 122 valence electrons. The highest BCUT2D eigenvalue weighted by Crippen LogP contribution is 2.19. The summed E-state index contributed by atoms with van der Waals surface area (Å²) in [6.45, 7) is 7.18. The zero-order valence-corrected chi connectivity index (χ0v) is 13.8. The van der Waals surface area contributed by atoms with Crippen LogP contribution in [0.15, 0.2) is 12.4 Å². The van der Waals surface area contributed by atoms with Gasteiger partial charge >= 0.3 is 0 Å². The number of likely N-dealkylation sites (tertiary alicyclic amines) is 1. The van der Waals surface area contributed by atoms with Gasteiger partial charge in [-0.1, -0.05) is 0 Å². The van der Waals surface area contributed by atoms with Gasteiger partial charge in [-0.15, -0.1) is 0 Å². The standard InChI is InChI=1S/C16H22N6O/c1-10-8-14(18-9-17-10)19-13-4-6-22(7-5-13)16(23)15-11(2)20-21-12(15)3/h8-9,13H,4-7H2,1-3H3,(H,20,21)(H,17,18,19). The van der Waals surface area contributed by atoms with Crippen molar-refractivity contribution in [2.75, 3.05) is 18.4 Å². The molecule has 0 radical (unpaired) electrons. The molecule has 0 unspecified atom stereocenters. The number of piperidine rings is 1. The van der Waals surface area contributed by atoms with Gasteiger partial charge in [0.05, 0.1) is 11.3 Å². The molecule has 0 atom stereocenters. The second-order valence-electron chi connectivity index (χ2n) is 6.06. The molecular formula is C16H22N6O. The third-order valence-electron chi connectivity index (χ3n) is 4.28. The van der Waals surface area contributed by atoms with Crippen molar-refractivity contribution in [3.05, 3.63) is 35.0 Å². The normalized spacial score (nSPS) is 15.7. The van der Waals surface area contributed by atoms with Crippen LogP contribution < -0.4 is 5.32 Å². The van der Waals surface area contributed by atoms with E-state index < -0.39 is 0 Å². The Morgan fingerprint density at radius 3 is 2.61 bits per heavy atom. The Hall–Kier alpha value is -2.44. The second kappa shape index (κ2) is 6.36. The Morgan fingerprint density at radius 2 is 2.00 bits per heavy atom. The van der Waals surface area contributed by atoms with Gasteiger partial charge in [-0.25, -0.2) is 9.97 Å². The number of carbonyl (C=O) groups is 1. The lowest BCUT2D eigenvalue weighted by Gasteiger charge is -2.32. The number of carbonyl (C=O) groups excluding carboxylic acids is 1. The van der Waals surface area contributed by atoms with Crippen molar-refractivity contribution in [1.29, 1.82) is 0 Å². The fourth-order valence-corrected chi connectivity index (χ4v) is 2.99. The lowest BCUT2D eigenvalue weighted by molar-refractivity contribution is 0.0717. The summed E-state index contributed by atoms with van der Waals surface area (Å²) in [6, 6.07) is 2.27. The minimum absolute atomic E-state index is 0.0741. The molecule has 1 aliphatic heterocycles. The second-order valence-corrected chi connectivity index (χ2v) is 6.06. The summed E-state index contributed by atoms with van der Waals surface area (Å²) in [5.41, 5.74) is 3.26. The van der Waals surface area contributed by atoms with Crippen molar-refractivity contribution in [2.45, 2.75) is 39.7 Å². The van der Waals surface area contributed by atoms with Crippen LogP contribution in [0.3, 0.4) is 0 Å². The average molecular weight is 314 g/mol. The average Bonchev–Trinajstić information content (AvgIpc) is 2.86. The predicted octanol–water partition coefficient (Wildman–Crippen LogP) is 1.84. The third-order valence-corrected chi connectivity index (χ3v) is 4.28. The quantitative estimate of drug-likeness (QED) is 0.903. The Balaban J connectivity index is 1.59. The maximum absolute atomic E-state index is 12.6. The van der Waals surface area contributed by atoms with E-state index in [0.29, 0.717) is 11.6 Å². The number of aromatic nitrogens is 4. The summed E-state index contributed by atoms with van der Waals surface area (Å²) >= 11 is 0. The molecule has 2 aromatic rings. The smallest absolute Gasteiger partial charge is 0.257 e. The van der Waals surface area contributed by atoms with Gasteiger partial charge in [0.15, 0.2) is 0 Å². The first-order chi connectivity index (χ1) is 11.0. The minimum Gasteiger partial charge on any atom is -0.367 e. The molecule has 7 heteroatoms. The van der Waals surface area contributed by atoms with E-state index in [0.717, 1.165) is 48.8 Å². The molecule has 2 N–H and O–H groups in total. The molecule has 1 aliphatic rings. The number of rotatable bonds is 3. The van der Waals surface area contributed by atoms with Crippen molar-refractivity contribution in [3.63, 3.8) is 0 Å². The van der Waals surface area contributed by atoms with Crippen LogP contribution in [0.2, 0.25) is 0 Å². The molecule has 23 heavy (non-hydrogen) atoms. The van der Waals surface area contributed by atoms with Gasteiger partial charge in [0, 0.05) is 36.6 Å². The van der Waals surface area contributed by atoms with Crippen molar-refractivity contribution in [1.82, 2.24) is 25.1 Å². The van der Waals surface area contributed by atoms with E-state index in [-0.39, 0.29) is 5.91 Å². The molecule has 1 amide bonds. The van der Waals surface area contributed by atoms with Gasteiger partial charge in [0.25, 0.3) is 5.91 Å². The number of amides is 1. The van der Waals surface area contributed by atoms with Crippen LogP contribution in [0.1, 0.15) is 40.3 Å². The van der Waals surface area contributed by atoms with Crippen LogP contribution in [0.25, 0.3) is 0 Å². The number of aryl methyl sites for hydroxylation is 3. The monoisotopic (exact) mass is 314 g/mol. The van der Waals surface area contributed by atoms with Crippen LogP contribution in [0.4, 0.5) is 5.82 Å². The largest absolute Gasteiger partial charge is 0.367 e. The number of hydrogen-bond acceptors (Lipinski definition) is 5. The zero-order valence-electron chi connectivity index (χ0n) is 13.8. The Bertz CT molecular complexity index is 683. The summed E-state index contributed by atoms with van der Waals surface area (Å²) in [4.78, 5) is 22.9. The van der Waals surface area contributed by atoms with E-state index in [9.17, 15) is 4.79 Å². The van der Waals surface area contributed by atoms with Crippen LogP contribution in [0.5, 0.6) is 0 Å². The number of hydrogen-bond donors (Lipinski definition) is 2.